The van der Waals surface area contributed by atoms with Gasteiger partial charge in [-0.2, -0.15) is 0 Å². The third kappa shape index (κ3) is 7.66. The van der Waals surface area contributed by atoms with Gasteiger partial charge in [-0.1, -0.05) is 78.9 Å². The maximum absolute atomic E-state index is 13.4. The van der Waals surface area contributed by atoms with E-state index in [4.69, 9.17) is 23.2 Å². The van der Waals surface area contributed by atoms with Crippen LogP contribution in [0.15, 0.2) is 42.5 Å². The van der Waals surface area contributed by atoms with E-state index in [-0.39, 0.29) is 17.9 Å². The molecule has 4 nitrogen and oxygen atoms in total. The molecule has 178 valence electrons. The van der Waals surface area contributed by atoms with Gasteiger partial charge in [-0.25, -0.2) is 0 Å². The number of hydrogen-bond donors (Lipinski definition) is 1. The van der Waals surface area contributed by atoms with Crippen molar-refractivity contribution in [2.45, 2.75) is 70.3 Å². The number of benzene rings is 2. The molecule has 0 radical (unpaired) electrons. The molecule has 2 aromatic rings. The van der Waals surface area contributed by atoms with Gasteiger partial charge in [0.2, 0.25) is 11.8 Å². The largest absolute Gasteiger partial charge is 0.352 e. The van der Waals surface area contributed by atoms with Crippen molar-refractivity contribution in [3.8, 4) is 0 Å². The van der Waals surface area contributed by atoms with Gasteiger partial charge in [0.1, 0.15) is 6.04 Å². The van der Waals surface area contributed by atoms with E-state index in [1.54, 1.807) is 11.0 Å². The average molecular weight is 508 g/mol. The van der Waals surface area contributed by atoms with Gasteiger partial charge in [0.15, 0.2) is 0 Å². The summed E-state index contributed by atoms with van der Waals surface area (Å²) in [6, 6.07) is 13.4. The van der Waals surface area contributed by atoms with Crippen molar-refractivity contribution in [2.75, 3.05) is 5.75 Å². The molecule has 1 aliphatic carbocycles. The van der Waals surface area contributed by atoms with Gasteiger partial charge in [-0.3, -0.25) is 9.59 Å². The Morgan fingerprint density at radius 1 is 1.09 bits per heavy atom. The third-order valence-corrected chi connectivity index (χ3v) is 7.73. The standard InChI is InChI=1S/C26H32Cl2N2O2S/c1-3-24(26(32)29-21-9-4-5-10-21)30(15-19-8-6-7-18(2)13-19)25(31)17-33-16-20-11-12-22(27)23(28)14-20/h6-8,11-14,21,24H,3-5,9-10,15-17H2,1-2H3,(H,29,32)/t24-/m0/s1. The van der Waals surface area contributed by atoms with Crippen LogP contribution < -0.4 is 5.32 Å². The van der Waals surface area contributed by atoms with E-state index in [9.17, 15) is 9.59 Å². The molecule has 3 rings (SSSR count). The first kappa shape index (κ1) is 25.9. The number of nitrogens with one attached hydrogen (secondary N) is 1. The molecule has 2 amide bonds. The van der Waals surface area contributed by atoms with E-state index in [1.165, 1.54) is 11.8 Å². The lowest BCUT2D eigenvalue weighted by atomic mass is 10.1. The lowest BCUT2D eigenvalue weighted by Crippen LogP contribution is -2.51. The van der Waals surface area contributed by atoms with Gasteiger partial charge < -0.3 is 10.2 Å². The summed E-state index contributed by atoms with van der Waals surface area (Å²) in [4.78, 5) is 28.3. The summed E-state index contributed by atoms with van der Waals surface area (Å²) in [5, 5.41) is 4.22. The molecule has 1 atom stereocenters. The summed E-state index contributed by atoms with van der Waals surface area (Å²) in [7, 11) is 0. The number of hydrogen-bond acceptors (Lipinski definition) is 3. The van der Waals surface area contributed by atoms with Crippen LogP contribution in [0.4, 0.5) is 0 Å². The number of nitrogens with zero attached hydrogens (tertiary/aromatic N) is 1. The maximum atomic E-state index is 13.4. The molecule has 0 aromatic heterocycles. The molecule has 1 aliphatic rings. The van der Waals surface area contributed by atoms with Crippen molar-refractivity contribution >= 4 is 46.8 Å². The van der Waals surface area contributed by atoms with E-state index in [1.807, 2.05) is 44.2 Å². The summed E-state index contributed by atoms with van der Waals surface area (Å²) in [6.07, 6.45) is 4.92. The van der Waals surface area contributed by atoms with Crippen molar-refractivity contribution in [1.29, 1.82) is 0 Å². The minimum Gasteiger partial charge on any atom is -0.352 e. The Hall–Kier alpha value is -1.69. The van der Waals surface area contributed by atoms with Gasteiger partial charge in [-0.15, -0.1) is 11.8 Å². The number of amides is 2. The average Bonchev–Trinajstić information content (AvgIpc) is 3.29. The van der Waals surface area contributed by atoms with Crippen LogP contribution in [0.25, 0.3) is 0 Å². The van der Waals surface area contributed by atoms with Crippen LogP contribution in [-0.4, -0.2) is 34.6 Å². The minimum atomic E-state index is -0.482. The molecule has 0 spiro atoms. The first-order chi connectivity index (χ1) is 15.9. The number of carbonyl (C=O) groups is 2. The first-order valence-electron chi connectivity index (χ1n) is 11.5. The molecule has 33 heavy (non-hydrogen) atoms. The lowest BCUT2D eigenvalue weighted by Gasteiger charge is -2.31. The highest BCUT2D eigenvalue weighted by Crippen LogP contribution is 2.25. The van der Waals surface area contributed by atoms with Crippen molar-refractivity contribution in [2.24, 2.45) is 0 Å². The number of thioether (sulfide) groups is 1. The first-order valence-corrected chi connectivity index (χ1v) is 13.5. The normalized spacial score (nSPS) is 14.8. The predicted octanol–water partition coefficient (Wildman–Crippen LogP) is 6.40. The SMILES string of the molecule is CC[C@@H](C(=O)NC1CCCC1)N(Cc1cccc(C)c1)C(=O)CSCc1ccc(Cl)c(Cl)c1. The summed E-state index contributed by atoms with van der Waals surface area (Å²) >= 11 is 13.6. The van der Waals surface area contributed by atoms with Crippen LogP contribution in [-0.2, 0) is 21.9 Å². The zero-order valence-electron chi connectivity index (χ0n) is 19.3. The van der Waals surface area contributed by atoms with Crippen LogP contribution in [0.3, 0.4) is 0 Å². The fraction of sp³-hybridized carbons (Fsp3) is 0.462. The Morgan fingerprint density at radius 2 is 1.85 bits per heavy atom. The Labute approximate surface area is 211 Å². The van der Waals surface area contributed by atoms with Crippen LogP contribution in [0.1, 0.15) is 55.7 Å². The molecule has 0 unspecified atom stereocenters. The van der Waals surface area contributed by atoms with Crippen molar-refractivity contribution in [3.05, 3.63) is 69.2 Å². The second-order valence-corrected chi connectivity index (χ2v) is 10.5. The maximum Gasteiger partial charge on any atom is 0.243 e. The molecule has 7 heteroatoms. The van der Waals surface area contributed by atoms with Gasteiger partial charge in [0.05, 0.1) is 15.8 Å². The van der Waals surface area contributed by atoms with Gasteiger partial charge >= 0.3 is 0 Å². The Bertz CT molecular complexity index is 963. The van der Waals surface area contributed by atoms with Crippen LogP contribution in [0, 0.1) is 6.92 Å². The van der Waals surface area contributed by atoms with E-state index >= 15 is 0 Å². The Balaban J connectivity index is 1.70. The summed E-state index contributed by atoms with van der Waals surface area (Å²) in [5.74, 6) is 0.862. The Kier molecular flexibility index (Phi) is 9.96. The van der Waals surface area contributed by atoms with Gasteiger partial charge in [0, 0.05) is 18.3 Å². The molecule has 1 saturated carbocycles. The van der Waals surface area contributed by atoms with E-state index in [0.717, 1.165) is 42.4 Å². The molecule has 1 N–H and O–H groups in total. The number of aryl methyl sites for hydroxylation is 1. The van der Waals surface area contributed by atoms with Crippen LogP contribution in [0.2, 0.25) is 10.0 Å². The van der Waals surface area contributed by atoms with Crippen molar-refractivity contribution < 1.29 is 9.59 Å². The van der Waals surface area contributed by atoms with Crippen LogP contribution >= 0.6 is 35.0 Å². The molecule has 1 fully saturated rings. The fourth-order valence-electron chi connectivity index (χ4n) is 4.26. The zero-order chi connectivity index (χ0) is 23.8. The van der Waals surface area contributed by atoms with Crippen LogP contribution in [0.5, 0.6) is 0 Å². The minimum absolute atomic E-state index is 0.0324. The van der Waals surface area contributed by atoms with E-state index in [0.29, 0.717) is 34.5 Å². The van der Waals surface area contributed by atoms with Gasteiger partial charge in [0.25, 0.3) is 0 Å². The molecular weight excluding hydrogens is 475 g/mol. The topological polar surface area (TPSA) is 49.4 Å². The summed E-state index contributed by atoms with van der Waals surface area (Å²) < 4.78 is 0. The number of halogens is 2. The van der Waals surface area contributed by atoms with Gasteiger partial charge in [-0.05, 0) is 49.4 Å². The number of carbonyl (C=O) groups excluding carboxylic acids is 2. The second kappa shape index (κ2) is 12.7. The summed E-state index contributed by atoms with van der Waals surface area (Å²) in [5.41, 5.74) is 3.18. The van der Waals surface area contributed by atoms with E-state index < -0.39 is 6.04 Å². The highest BCUT2D eigenvalue weighted by Gasteiger charge is 2.30. The van der Waals surface area contributed by atoms with Crippen molar-refractivity contribution in [1.82, 2.24) is 10.2 Å². The molecule has 0 saturated heterocycles. The third-order valence-electron chi connectivity index (χ3n) is 6.00. The summed E-state index contributed by atoms with van der Waals surface area (Å²) in [6.45, 7) is 4.43. The van der Waals surface area contributed by atoms with E-state index in [2.05, 4.69) is 11.4 Å². The molecule has 2 aromatic carbocycles. The number of rotatable bonds is 10. The zero-order valence-corrected chi connectivity index (χ0v) is 21.6. The molecule has 0 aliphatic heterocycles. The highest BCUT2D eigenvalue weighted by atomic mass is 35.5. The monoisotopic (exact) mass is 506 g/mol. The Morgan fingerprint density at radius 3 is 2.52 bits per heavy atom. The molecule has 0 bridgehead atoms. The second-order valence-electron chi connectivity index (χ2n) is 8.67. The fourth-order valence-corrected chi connectivity index (χ4v) is 5.44. The lowest BCUT2D eigenvalue weighted by molar-refractivity contribution is -0.139. The van der Waals surface area contributed by atoms with Crippen molar-refractivity contribution in [3.63, 3.8) is 0 Å². The molecular formula is C26H32Cl2N2O2S. The smallest absolute Gasteiger partial charge is 0.243 e. The highest BCUT2D eigenvalue weighted by molar-refractivity contribution is 7.99. The predicted molar refractivity (Wildman–Crippen MR) is 139 cm³/mol. The molecule has 0 heterocycles. The quantitative estimate of drug-likeness (QED) is 0.405.